The number of aromatic nitrogens is 2. The molecule has 0 unspecified atom stereocenters. The molecule has 0 atom stereocenters. The van der Waals surface area contributed by atoms with Crippen molar-refractivity contribution in [1.82, 2.24) is 14.7 Å². The summed E-state index contributed by atoms with van der Waals surface area (Å²) >= 11 is 0. The molecule has 138 valence electrons. The van der Waals surface area contributed by atoms with Gasteiger partial charge in [-0.25, -0.2) is 17.9 Å². The van der Waals surface area contributed by atoms with Crippen LogP contribution < -0.4 is 24.8 Å². The minimum atomic E-state index is -4.08. The number of amides is 2. The molecular formula is C15H17N5O5S. The zero-order valence-corrected chi connectivity index (χ0v) is 14.9. The summed E-state index contributed by atoms with van der Waals surface area (Å²) in [5.41, 5.74) is 1.39. The third kappa shape index (κ3) is 3.61. The Morgan fingerprint density at radius 1 is 1.19 bits per heavy atom. The van der Waals surface area contributed by atoms with Crippen molar-refractivity contribution in [3.05, 3.63) is 29.8 Å². The molecule has 1 aromatic heterocycles. The summed E-state index contributed by atoms with van der Waals surface area (Å²) in [4.78, 5) is 19.9. The predicted molar refractivity (Wildman–Crippen MR) is 93.1 cm³/mol. The fourth-order valence-corrected chi connectivity index (χ4v) is 3.64. The molecule has 0 saturated heterocycles. The molecule has 0 fully saturated rings. The number of nitrogens with zero attached hydrogens (tertiary/aromatic N) is 2. The Bertz CT molecular complexity index is 925. The molecule has 1 aromatic carbocycles. The average Bonchev–Trinajstić information content (AvgIpc) is 3.09. The van der Waals surface area contributed by atoms with E-state index in [1.165, 1.54) is 26.4 Å². The second-order valence-corrected chi connectivity index (χ2v) is 6.95. The Morgan fingerprint density at radius 2 is 1.88 bits per heavy atom. The van der Waals surface area contributed by atoms with E-state index >= 15 is 0 Å². The van der Waals surface area contributed by atoms with Crippen LogP contribution in [0.4, 0.5) is 16.4 Å². The number of hydrogen-bond donors (Lipinski definition) is 3. The molecule has 11 heteroatoms. The fourth-order valence-electron chi connectivity index (χ4n) is 2.50. The van der Waals surface area contributed by atoms with Crippen LogP contribution in [-0.2, 0) is 16.4 Å². The van der Waals surface area contributed by atoms with Crippen molar-refractivity contribution in [3.63, 3.8) is 0 Å². The van der Waals surface area contributed by atoms with E-state index in [2.05, 4.69) is 20.6 Å². The minimum absolute atomic E-state index is 0.00629. The number of nitrogens with one attached hydrogen (secondary N) is 3. The van der Waals surface area contributed by atoms with Crippen molar-refractivity contribution in [2.75, 3.05) is 31.4 Å². The number of ether oxygens (including phenoxy) is 2. The first kappa shape index (κ1) is 17.7. The Morgan fingerprint density at radius 3 is 2.54 bits per heavy atom. The van der Waals surface area contributed by atoms with Gasteiger partial charge in [0.2, 0.25) is 17.7 Å². The summed E-state index contributed by atoms with van der Waals surface area (Å²) in [6.07, 6.45) is 0.725. The molecule has 3 rings (SSSR count). The largest absolute Gasteiger partial charge is 0.481 e. The van der Waals surface area contributed by atoms with E-state index < -0.39 is 16.1 Å². The molecule has 0 spiro atoms. The molecular weight excluding hydrogens is 362 g/mol. The molecule has 26 heavy (non-hydrogen) atoms. The Hall–Kier alpha value is -3.08. The first-order valence-corrected chi connectivity index (χ1v) is 9.08. The lowest BCUT2D eigenvalue weighted by atomic mass is 10.2. The van der Waals surface area contributed by atoms with E-state index in [9.17, 15) is 13.2 Å². The molecule has 1 aliphatic heterocycles. The van der Waals surface area contributed by atoms with Gasteiger partial charge in [-0.3, -0.25) is 5.32 Å². The van der Waals surface area contributed by atoms with Crippen molar-refractivity contribution < 1.29 is 22.7 Å². The normalized spacial score (nSPS) is 12.7. The smallest absolute Gasteiger partial charge is 0.335 e. The van der Waals surface area contributed by atoms with E-state index in [0.717, 1.165) is 12.0 Å². The predicted octanol–water partition coefficient (Wildman–Crippen LogP) is 0.972. The summed E-state index contributed by atoms with van der Waals surface area (Å²) in [5.74, 6) is 0.144. The number of hydrogen-bond acceptors (Lipinski definition) is 8. The minimum Gasteiger partial charge on any atom is -0.481 e. The van der Waals surface area contributed by atoms with Gasteiger partial charge in [-0.2, -0.15) is 9.97 Å². The molecule has 0 aliphatic carbocycles. The van der Waals surface area contributed by atoms with E-state index in [0.29, 0.717) is 12.2 Å². The number of anilines is 2. The highest BCUT2D eigenvalue weighted by Gasteiger charge is 2.25. The van der Waals surface area contributed by atoms with Gasteiger partial charge in [0.05, 0.1) is 26.0 Å². The Kier molecular flexibility index (Phi) is 4.80. The monoisotopic (exact) mass is 379 g/mol. The van der Waals surface area contributed by atoms with Crippen LogP contribution in [0, 0.1) is 0 Å². The van der Waals surface area contributed by atoms with E-state index in [-0.39, 0.29) is 22.6 Å². The van der Waals surface area contributed by atoms with Crippen LogP contribution in [0.1, 0.15) is 5.56 Å². The maximum atomic E-state index is 12.5. The average molecular weight is 379 g/mol. The van der Waals surface area contributed by atoms with Gasteiger partial charge in [0, 0.05) is 6.54 Å². The van der Waals surface area contributed by atoms with Gasteiger partial charge in [-0.05, 0) is 18.1 Å². The van der Waals surface area contributed by atoms with Crippen molar-refractivity contribution in [2.45, 2.75) is 11.3 Å². The van der Waals surface area contributed by atoms with Crippen LogP contribution in [0.25, 0.3) is 0 Å². The first-order chi connectivity index (χ1) is 12.4. The maximum Gasteiger partial charge on any atom is 0.335 e. The number of methoxy groups -OCH3 is 2. The number of para-hydroxylation sites is 1. The highest BCUT2D eigenvalue weighted by Crippen LogP contribution is 2.29. The summed E-state index contributed by atoms with van der Waals surface area (Å²) in [6.45, 7) is 0.644. The van der Waals surface area contributed by atoms with E-state index in [1.54, 1.807) is 6.07 Å². The van der Waals surface area contributed by atoms with Crippen LogP contribution in [0.2, 0.25) is 0 Å². The van der Waals surface area contributed by atoms with Gasteiger partial charge in [0.1, 0.15) is 4.90 Å². The lowest BCUT2D eigenvalue weighted by Crippen LogP contribution is -2.35. The number of sulfonamides is 1. The van der Waals surface area contributed by atoms with Gasteiger partial charge < -0.3 is 14.8 Å². The van der Waals surface area contributed by atoms with Crippen molar-refractivity contribution in [3.8, 4) is 11.8 Å². The molecule has 0 saturated carbocycles. The topological polar surface area (TPSA) is 132 Å². The highest BCUT2D eigenvalue weighted by atomic mass is 32.2. The summed E-state index contributed by atoms with van der Waals surface area (Å²) in [6, 6.07) is 5.31. The third-order valence-corrected chi connectivity index (χ3v) is 5.02. The van der Waals surface area contributed by atoms with Crippen LogP contribution in [-0.4, -0.2) is 45.2 Å². The molecule has 3 N–H and O–H groups in total. The van der Waals surface area contributed by atoms with Crippen LogP contribution in [0.5, 0.6) is 11.8 Å². The highest BCUT2D eigenvalue weighted by molar-refractivity contribution is 7.90. The van der Waals surface area contributed by atoms with E-state index in [1.807, 2.05) is 10.8 Å². The van der Waals surface area contributed by atoms with Crippen molar-refractivity contribution >= 4 is 27.7 Å². The third-order valence-electron chi connectivity index (χ3n) is 3.65. The number of benzene rings is 1. The van der Waals surface area contributed by atoms with Gasteiger partial charge in [-0.15, -0.1) is 0 Å². The lowest BCUT2D eigenvalue weighted by Gasteiger charge is -2.12. The summed E-state index contributed by atoms with van der Waals surface area (Å²) in [5, 5.41) is 5.27. The first-order valence-electron chi connectivity index (χ1n) is 7.59. The Balaban J connectivity index is 1.79. The van der Waals surface area contributed by atoms with Crippen molar-refractivity contribution in [1.29, 1.82) is 0 Å². The SMILES string of the molecule is COc1cc(OC)nc(NC(=O)NS(=O)(=O)c2cccc3c2NCC3)n1. The molecule has 2 amide bonds. The number of rotatable bonds is 5. The zero-order valence-electron chi connectivity index (χ0n) is 14.1. The molecule has 1 aliphatic rings. The van der Waals surface area contributed by atoms with E-state index in [4.69, 9.17) is 9.47 Å². The molecule has 10 nitrogen and oxygen atoms in total. The van der Waals surface area contributed by atoms with Crippen molar-refractivity contribution in [2.24, 2.45) is 0 Å². The zero-order chi connectivity index (χ0) is 18.7. The van der Waals surface area contributed by atoms with Gasteiger partial charge in [0.15, 0.2) is 0 Å². The van der Waals surface area contributed by atoms with Gasteiger partial charge in [0.25, 0.3) is 10.0 Å². The Labute approximate surface area is 150 Å². The second kappa shape index (κ2) is 7.04. The van der Waals surface area contributed by atoms with Gasteiger partial charge in [-0.1, -0.05) is 12.1 Å². The van der Waals surface area contributed by atoms with Gasteiger partial charge >= 0.3 is 6.03 Å². The molecule has 2 aromatic rings. The molecule has 0 bridgehead atoms. The second-order valence-electron chi connectivity index (χ2n) is 5.30. The molecule has 2 heterocycles. The fraction of sp³-hybridized carbons (Fsp3) is 0.267. The standard InChI is InChI=1S/C15H17N5O5S/c1-24-11-8-12(25-2)18-14(17-11)19-15(21)20-26(22,23)10-5-3-4-9-6-7-16-13(9)10/h3-5,8,16H,6-7H2,1-2H3,(H2,17,18,19,20,21). The van der Waals surface area contributed by atoms with Crippen LogP contribution >= 0.6 is 0 Å². The maximum absolute atomic E-state index is 12.5. The lowest BCUT2D eigenvalue weighted by molar-refractivity contribution is 0.256. The van der Waals surface area contributed by atoms with Crippen LogP contribution in [0.3, 0.4) is 0 Å². The quantitative estimate of drug-likeness (QED) is 0.700. The number of carbonyl (C=O) groups excluding carboxylic acids is 1. The number of fused-ring (bicyclic) bond motifs is 1. The molecule has 0 radical (unpaired) electrons. The summed E-state index contributed by atoms with van der Waals surface area (Å²) < 4.78 is 37.0. The van der Waals surface area contributed by atoms with Crippen LogP contribution in [0.15, 0.2) is 29.2 Å². The number of carbonyl (C=O) groups is 1. The number of urea groups is 1. The summed E-state index contributed by atoms with van der Waals surface area (Å²) in [7, 11) is -1.30.